The molecule has 4 atom stereocenters. The smallest absolute Gasteiger partial charge is 0.410 e. The molecule has 208 valence electrons. The van der Waals surface area contributed by atoms with Crippen molar-refractivity contribution in [3.63, 3.8) is 0 Å². The summed E-state index contributed by atoms with van der Waals surface area (Å²) in [5, 5.41) is 2.61. The normalized spacial score (nSPS) is 21.9. The lowest BCUT2D eigenvalue weighted by Crippen LogP contribution is -2.58. The van der Waals surface area contributed by atoms with Gasteiger partial charge < -0.3 is 29.3 Å². The average molecular weight is 530 g/mol. The van der Waals surface area contributed by atoms with Crippen LogP contribution >= 0.6 is 0 Å². The zero-order valence-corrected chi connectivity index (χ0v) is 23.1. The van der Waals surface area contributed by atoms with Gasteiger partial charge in [0.2, 0.25) is 5.91 Å². The van der Waals surface area contributed by atoms with E-state index in [4.69, 9.17) is 14.2 Å². The van der Waals surface area contributed by atoms with Gasteiger partial charge in [0.25, 0.3) is 0 Å². The summed E-state index contributed by atoms with van der Waals surface area (Å²) in [5.41, 5.74) is -0.0976. The van der Waals surface area contributed by atoms with E-state index in [0.29, 0.717) is 6.54 Å². The maximum Gasteiger partial charge on any atom is 0.410 e. The minimum absolute atomic E-state index is 0.0406. The molecule has 2 fully saturated rings. The van der Waals surface area contributed by atoms with Crippen LogP contribution in [0.15, 0.2) is 43.0 Å². The van der Waals surface area contributed by atoms with Gasteiger partial charge in [-0.25, -0.2) is 14.4 Å². The van der Waals surface area contributed by atoms with Crippen molar-refractivity contribution in [1.29, 1.82) is 0 Å². The van der Waals surface area contributed by atoms with Crippen molar-refractivity contribution in [3.05, 3.63) is 48.6 Å². The zero-order valence-electron chi connectivity index (χ0n) is 23.1. The van der Waals surface area contributed by atoms with Crippen LogP contribution in [-0.2, 0) is 30.4 Å². The van der Waals surface area contributed by atoms with E-state index in [2.05, 4.69) is 25.7 Å². The molecule has 2 aliphatic rings. The molecule has 1 heterocycles. The molecule has 10 nitrogen and oxygen atoms in total. The molecule has 0 spiro atoms. The second-order valence-corrected chi connectivity index (χ2v) is 11.3. The number of carbonyl (C=O) groups excluding carboxylic acids is 4. The number of piperidine rings is 1. The lowest BCUT2D eigenvalue weighted by molar-refractivity contribution is -0.153. The predicted molar refractivity (Wildman–Crippen MR) is 140 cm³/mol. The Labute approximate surface area is 224 Å². The maximum absolute atomic E-state index is 13.8. The molecule has 0 aromatic heterocycles. The molecule has 1 N–H and O–H groups in total. The number of hydrogen-bond acceptors (Lipinski definition) is 7. The van der Waals surface area contributed by atoms with E-state index in [0.717, 1.165) is 5.56 Å². The largest absolute Gasteiger partial charge is 0.467 e. The molecule has 1 saturated heterocycles. The van der Waals surface area contributed by atoms with E-state index >= 15 is 0 Å². The fraction of sp³-hybridized carbons (Fsp3) is 0.571. The number of ether oxygens (including phenoxy) is 3. The van der Waals surface area contributed by atoms with Crippen LogP contribution in [0.4, 0.5) is 9.59 Å². The maximum atomic E-state index is 13.8. The summed E-state index contributed by atoms with van der Waals surface area (Å²) in [6, 6.07) is 7.23. The van der Waals surface area contributed by atoms with Crippen LogP contribution in [0.3, 0.4) is 0 Å². The van der Waals surface area contributed by atoms with Crippen molar-refractivity contribution in [3.8, 4) is 0 Å². The van der Waals surface area contributed by atoms with E-state index in [1.165, 1.54) is 23.0 Å². The summed E-state index contributed by atoms with van der Waals surface area (Å²) < 4.78 is 15.9. The molecule has 0 bridgehead atoms. The zero-order chi connectivity index (χ0) is 28.3. The van der Waals surface area contributed by atoms with Crippen molar-refractivity contribution >= 4 is 24.1 Å². The predicted octanol–water partition coefficient (Wildman–Crippen LogP) is 3.36. The summed E-state index contributed by atoms with van der Waals surface area (Å²) >= 11 is 0. The van der Waals surface area contributed by atoms with Gasteiger partial charge >= 0.3 is 18.2 Å². The third-order valence-electron chi connectivity index (χ3n) is 7.14. The topological polar surface area (TPSA) is 114 Å². The number of amides is 3. The number of carbonyl (C=O) groups is 4. The summed E-state index contributed by atoms with van der Waals surface area (Å²) in [6.45, 7) is 13.2. The molecule has 0 unspecified atom stereocenters. The number of benzene rings is 1. The van der Waals surface area contributed by atoms with E-state index in [-0.39, 0.29) is 36.9 Å². The quantitative estimate of drug-likeness (QED) is 0.296. The van der Waals surface area contributed by atoms with Crippen LogP contribution in [0.5, 0.6) is 0 Å². The first kappa shape index (κ1) is 29.0. The first-order valence-electron chi connectivity index (χ1n) is 12.7. The number of methoxy groups -OCH3 is 1. The minimum atomic E-state index is -1.19. The van der Waals surface area contributed by atoms with Crippen LogP contribution in [0.1, 0.15) is 40.2 Å². The van der Waals surface area contributed by atoms with Crippen molar-refractivity contribution in [2.45, 2.75) is 58.9 Å². The van der Waals surface area contributed by atoms with E-state index in [1.54, 1.807) is 20.8 Å². The number of esters is 1. The van der Waals surface area contributed by atoms with Crippen molar-refractivity contribution < 1.29 is 33.4 Å². The number of nitrogens with zero attached hydrogens (tertiary/aromatic N) is 2. The van der Waals surface area contributed by atoms with Crippen LogP contribution in [-0.4, -0.2) is 78.3 Å². The summed E-state index contributed by atoms with van der Waals surface area (Å²) in [4.78, 5) is 55.0. The Hall–Kier alpha value is -3.56. The third-order valence-corrected chi connectivity index (χ3v) is 7.14. The molecule has 1 aliphatic heterocycles. The minimum Gasteiger partial charge on any atom is -0.467 e. The van der Waals surface area contributed by atoms with Gasteiger partial charge in [-0.05, 0) is 37.7 Å². The Morgan fingerprint density at radius 3 is 2.45 bits per heavy atom. The number of hydrogen-bond donors (Lipinski definition) is 1. The number of nitrogens with one attached hydrogen (secondary N) is 1. The van der Waals surface area contributed by atoms with Crippen LogP contribution in [0.2, 0.25) is 0 Å². The Kier molecular flexibility index (Phi) is 8.74. The number of alkyl carbamates (subject to hydrolysis) is 1. The molecule has 0 radical (unpaired) electrons. The Morgan fingerprint density at radius 1 is 1.21 bits per heavy atom. The van der Waals surface area contributed by atoms with E-state index in [1.807, 2.05) is 30.3 Å². The molecular formula is C28H39N3O7. The molecule has 1 aromatic rings. The van der Waals surface area contributed by atoms with Crippen molar-refractivity contribution in [1.82, 2.24) is 15.1 Å². The Morgan fingerprint density at radius 2 is 1.87 bits per heavy atom. The molecule has 38 heavy (non-hydrogen) atoms. The number of fused-ring (bicyclic) bond motifs is 1. The Balaban J connectivity index is 1.81. The lowest BCUT2D eigenvalue weighted by atomic mass is 10.0. The first-order valence-corrected chi connectivity index (χ1v) is 12.7. The Bertz CT molecular complexity index is 1050. The first-order chi connectivity index (χ1) is 17.8. The van der Waals surface area contributed by atoms with Gasteiger partial charge in [-0.15, -0.1) is 6.58 Å². The molecule has 1 aromatic carbocycles. The van der Waals surface area contributed by atoms with Crippen LogP contribution in [0, 0.1) is 17.3 Å². The summed E-state index contributed by atoms with van der Waals surface area (Å²) in [6.07, 6.45) is 0.0164. The standard InChI is InChI=1S/C28H39N3O7/c1-8-14-30(26(35)37-17-18-12-10-9-11-13-18)16-20(29-25(34)38-27(2,3)4)23(32)31-15-19-21(28(19,5)6)22(31)24(33)36-7/h8-13,19-22H,1,14-17H2,2-7H3,(H,29,34)/t19-,20-,21-,22-/m0/s1. The second-order valence-electron chi connectivity index (χ2n) is 11.3. The van der Waals surface area contributed by atoms with Gasteiger partial charge in [0.05, 0.1) is 13.7 Å². The van der Waals surface area contributed by atoms with Gasteiger partial charge in [-0.2, -0.15) is 0 Å². The molecule has 10 heteroatoms. The van der Waals surface area contributed by atoms with Crippen molar-refractivity contribution in [2.75, 3.05) is 26.7 Å². The van der Waals surface area contributed by atoms with Gasteiger partial charge in [0.1, 0.15) is 24.3 Å². The van der Waals surface area contributed by atoms with Gasteiger partial charge in [-0.3, -0.25) is 4.79 Å². The highest BCUT2D eigenvalue weighted by Crippen LogP contribution is 2.65. The monoisotopic (exact) mass is 529 g/mol. The average Bonchev–Trinajstić information content (AvgIpc) is 3.17. The van der Waals surface area contributed by atoms with Crippen LogP contribution in [0.25, 0.3) is 0 Å². The molecule has 1 saturated carbocycles. The lowest BCUT2D eigenvalue weighted by Gasteiger charge is -2.34. The molecular weight excluding hydrogens is 490 g/mol. The van der Waals surface area contributed by atoms with Crippen molar-refractivity contribution in [2.24, 2.45) is 17.3 Å². The SMILES string of the molecule is C=CCN(C[C@H](NC(=O)OC(C)(C)C)C(=O)N1C[C@H]2[C@@H]([C@H]1C(=O)OC)C2(C)C)C(=O)OCc1ccccc1. The fourth-order valence-electron chi connectivity index (χ4n) is 5.15. The highest BCUT2D eigenvalue weighted by atomic mass is 16.6. The summed E-state index contributed by atoms with van der Waals surface area (Å²) in [7, 11) is 1.29. The molecule has 3 amide bonds. The molecule has 1 aliphatic carbocycles. The summed E-state index contributed by atoms with van der Waals surface area (Å²) in [5.74, 6) is -0.907. The van der Waals surface area contributed by atoms with Gasteiger partial charge in [-0.1, -0.05) is 50.3 Å². The van der Waals surface area contributed by atoms with E-state index < -0.39 is 41.7 Å². The number of rotatable bonds is 9. The highest BCUT2D eigenvalue weighted by molar-refractivity contribution is 5.91. The van der Waals surface area contributed by atoms with Gasteiger partial charge in [0, 0.05) is 19.0 Å². The van der Waals surface area contributed by atoms with Crippen LogP contribution < -0.4 is 5.32 Å². The third kappa shape index (κ3) is 6.65. The number of likely N-dealkylation sites (tertiary alicyclic amines) is 1. The molecule has 3 rings (SSSR count). The second kappa shape index (κ2) is 11.4. The highest BCUT2D eigenvalue weighted by Gasteiger charge is 2.70. The van der Waals surface area contributed by atoms with E-state index in [9.17, 15) is 19.2 Å². The van der Waals surface area contributed by atoms with Gasteiger partial charge in [0.15, 0.2) is 0 Å². The fourth-order valence-corrected chi connectivity index (χ4v) is 5.15.